The number of carbonyl (C=O) groups is 2. The van der Waals surface area contributed by atoms with Gasteiger partial charge in [-0.25, -0.2) is 4.79 Å². The molecule has 1 N–H and O–H groups in total. The number of nitrogens with one attached hydrogen (secondary N) is 1. The molecule has 1 heterocycles. The molecule has 0 fully saturated rings. The van der Waals surface area contributed by atoms with Crippen molar-refractivity contribution in [2.45, 2.75) is 19.5 Å². The lowest BCUT2D eigenvalue weighted by Crippen LogP contribution is -2.32. The first-order valence-corrected chi connectivity index (χ1v) is 9.51. The summed E-state index contributed by atoms with van der Waals surface area (Å²) in [7, 11) is 1.64. The summed E-state index contributed by atoms with van der Waals surface area (Å²) < 4.78 is 8.80. The number of hydrogen-bond acceptors (Lipinski definition) is 4. The highest BCUT2D eigenvalue weighted by Gasteiger charge is 2.16. The number of hydrogen-bond donors (Lipinski definition) is 1. The van der Waals surface area contributed by atoms with Crippen LogP contribution in [0.25, 0.3) is 11.0 Å². The van der Waals surface area contributed by atoms with E-state index in [2.05, 4.69) is 21.2 Å². The van der Waals surface area contributed by atoms with Gasteiger partial charge < -0.3 is 10.1 Å². The zero-order chi connectivity index (χ0) is 20.3. The second-order valence-electron chi connectivity index (χ2n) is 6.42. The molecule has 1 unspecified atom stereocenters. The molecule has 0 saturated carbocycles. The average Bonchev–Trinajstić information content (AvgIpc) is 2.92. The fraction of sp³-hybridized carbons (Fsp3) is 0.250. The third-order valence-electron chi connectivity index (χ3n) is 4.45. The van der Waals surface area contributed by atoms with E-state index >= 15 is 0 Å². The number of amides is 1. The number of halogens is 1. The molecule has 0 saturated heterocycles. The Labute approximate surface area is 170 Å². The van der Waals surface area contributed by atoms with Crippen molar-refractivity contribution in [1.29, 1.82) is 0 Å². The van der Waals surface area contributed by atoms with Gasteiger partial charge in [-0.15, -0.1) is 0 Å². The van der Waals surface area contributed by atoms with E-state index in [0.717, 1.165) is 15.6 Å². The number of aryl methyl sites for hydroxylation is 1. The topological polar surface area (TPSA) is 82.3 Å². The Balaban J connectivity index is 1.57. The number of aromatic nitrogens is 2. The second kappa shape index (κ2) is 8.43. The maximum absolute atomic E-state index is 12.3. The molecule has 0 radical (unpaired) electrons. The standard InChI is InChI=1S/C20H20BrN3O4/c1-13(14-7-9-15(21)10-8-14)22-18(25)12-28-19(26)11-24-17-6-4-3-5-16(17)23(2)20(24)27/h3-10,13H,11-12H2,1-2H3,(H,22,25). The molecule has 0 spiro atoms. The van der Waals surface area contributed by atoms with Crippen LogP contribution in [0.5, 0.6) is 0 Å². The summed E-state index contributed by atoms with van der Waals surface area (Å²) in [4.78, 5) is 36.5. The Kier molecular flexibility index (Phi) is 5.99. The van der Waals surface area contributed by atoms with Gasteiger partial charge in [-0.05, 0) is 36.8 Å². The molecule has 2 aromatic carbocycles. The fourth-order valence-electron chi connectivity index (χ4n) is 2.95. The molecule has 8 heteroatoms. The number of imidazole rings is 1. The molecular weight excluding hydrogens is 426 g/mol. The molecule has 1 aromatic heterocycles. The second-order valence-corrected chi connectivity index (χ2v) is 7.33. The number of para-hydroxylation sites is 2. The third-order valence-corrected chi connectivity index (χ3v) is 4.98. The van der Waals surface area contributed by atoms with Gasteiger partial charge >= 0.3 is 11.7 Å². The van der Waals surface area contributed by atoms with Gasteiger partial charge in [0.2, 0.25) is 0 Å². The largest absolute Gasteiger partial charge is 0.454 e. The molecule has 0 aliphatic rings. The number of carbonyl (C=O) groups excluding carboxylic acids is 2. The Morgan fingerprint density at radius 3 is 2.43 bits per heavy atom. The minimum absolute atomic E-state index is 0.222. The molecule has 1 atom stereocenters. The number of fused-ring (bicyclic) bond motifs is 1. The fourth-order valence-corrected chi connectivity index (χ4v) is 3.22. The van der Waals surface area contributed by atoms with Crippen LogP contribution in [0.4, 0.5) is 0 Å². The average molecular weight is 446 g/mol. The minimum Gasteiger partial charge on any atom is -0.454 e. The first-order valence-electron chi connectivity index (χ1n) is 8.71. The van der Waals surface area contributed by atoms with Gasteiger partial charge in [0.25, 0.3) is 5.91 Å². The van der Waals surface area contributed by atoms with E-state index in [1.54, 1.807) is 25.2 Å². The van der Waals surface area contributed by atoms with Gasteiger partial charge in [-0.3, -0.25) is 18.7 Å². The monoisotopic (exact) mass is 445 g/mol. The first-order chi connectivity index (χ1) is 13.4. The lowest BCUT2D eigenvalue weighted by molar-refractivity contribution is -0.149. The van der Waals surface area contributed by atoms with Gasteiger partial charge in [-0.1, -0.05) is 40.2 Å². The van der Waals surface area contributed by atoms with Crippen LogP contribution in [0.2, 0.25) is 0 Å². The summed E-state index contributed by atoms with van der Waals surface area (Å²) >= 11 is 3.36. The zero-order valence-corrected chi connectivity index (χ0v) is 17.1. The predicted octanol–water partition coefficient (Wildman–Crippen LogP) is 2.52. The van der Waals surface area contributed by atoms with Crippen LogP contribution in [0.1, 0.15) is 18.5 Å². The van der Waals surface area contributed by atoms with Crippen molar-refractivity contribution >= 4 is 38.8 Å². The quantitative estimate of drug-likeness (QED) is 0.590. The van der Waals surface area contributed by atoms with E-state index in [0.29, 0.717) is 5.52 Å². The molecule has 7 nitrogen and oxygen atoms in total. The van der Waals surface area contributed by atoms with Gasteiger partial charge in [-0.2, -0.15) is 0 Å². The summed E-state index contributed by atoms with van der Waals surface area (Å²) in [6.07, 6.45) is 0. The van der Waals surface area contributed by atoms with Crippen LogP contribution in [0.15, 0.2) is 57.8 Å². The zero-order valence-electron chi connectivity index (χ0n) is 15.5. The summed E-state index contributed by atoms with van der Waals surface area (Å²) in [5, 5.41) is 2.78. The molecule has 3 aromatic rings. The predicted molar refractivity (Wildman–Crippen MR) is 109 cm³/mol. The van der Waals surface area contributed by atoms with Crippen molar-refractivity contribution in [2.24, 2.45) is 7.05 Å². The number of nitrogens with zero attached hydrogens (tertiary/aromatic N) is 2. The van der Waals surface area contributed by atoms with E-state index in [-0.39, 0.29) is 18.3 Å². The van der Waals surface area contributed by atoms with Crippen LogP contribution in [-0.4, -0.2) is 27.6 Å². The van der Waals surface area contributed by atoms with Crippen molar-refractivity contribution in [1.82, 2.24) is 14.5 Å². The van der Waals surface area contributed by atoms with Crippen molar-refractivity contribution in [3.63, 3.8) is 0 Å². The summed E-state index contributed by atoms with van der Waals surface area (Å²) in [5.41, 5.74) is 1.98. The minimum atomic E-state index is -0.648. The molecule has 0 aliphatic carbocycles. The van der Waals surface area contributed by atoms with Crippen LogP contribution in [0.3, 0.4) is 0 Å². The number of ether oxygens (including phenoxy) is 1. The van der Waals surface area contributed by atoms with Crippen LogP contribution in [-0.2, 0) is 27.9 Å². The summed E-state index contributed by atoms with van der Waals surface area (Å²) in [6, 6.07) is 14.5. The smallest absolute Gasteiger partial charge is 0.329 e. The number of benzene rings is 2. The van der Waals surface area contributed by atoms with E-state index < -0.39 is 18.5 Å². The number of rotatable bonds is 6. The van der Waals surface area contributed by atoms with E-state index in [9.17, 15) is 14.4 Å². The van der Waals surface area contributed by atoms with Crippen molar-refractivity contribution in [2.75, 3.05) is 6.61 Å². The van der Waals surface area contributed by atoms with Crippen LogP contribution < -0.4 is 11.0 Å². The van der Waals surface area contributed by atoms with Crippen molar-refractivity contribution in [3.05, 3.63) is 69.1 Å². The highest BCUT2D eigenvalue weighted by molar-refractivity contribution is 9.10. The van der Waals surface area contributed by atoms with Gasteiger partial charge in [0, 0.05) is 11.5 Å². The SMILES string of the molecule is CC(NC(=O)COC(=O)Cn1c(=O)n(C)c2ccccc21)c1ccc(Br)cc1. The highest BCUT2D eigenvalue weighted by Crippen LogP contribution is 2.16. The van der Waals surface area contributed by atoms with Crippen molar-refractivity contribution in [3.8, 4) is 0 Å². The molecule has 0 bridgehead atoms. The van der Waals surface area contributed by atoms with Crippen LogP contribution in [0, 0.1) is 0 Å². The summed E-state index contributed by atoms with van der Waals surface area (Å²) in [5.74, 6) is -1.06. The van der Waals surface area contributed by atoms with Gasteiger partial charge in [0.05, 0.1) is 17.1 Å². The molecule has 146 valence electrons. The van der Waals surface area contributed by atoms with Crippen molar-refractivity contribution < 1.29 is 14.3 Å². The first kappa shape index (κ1) is 19.9. The molecule has 28 heavy (non-hydrogen) atoms. The third kappa shape index (κ3) is 4.33. The maximum atomic E-state index is 12.3. The van der Waals surface area contributed by atoms with Crippen LogP contribution >= 0.6 is 15.9 Å². The molecular formula is C20H20BrN3O4. The maximum Gasteiger partial charge on any atom is 0.329 e. The van der Waals surface area contributed by atoms with E-state index in [1.807, 2.05) is 37.3 Å². The molecule has 1 amide bonds. The normalized spacial score (nSPS) is 12.0. The van der Waals surface area contributed by atoms with E-state index in [4.69, 9.17) is 4.74 Å². The lowest BCUT2D eigenvalue weighted by Gasteiger charge is -2.14. The Morgan fingerprint density at radius 2 is 1.75 bits per heavy atom. The van der Waals surface area contributed by atoms with E-state index in [1.165, 1.54) is 9.13 Å². The number of esters is 1. The Morgan fingerprint density at radius 1 is 1.11 bits per heavy atom. The lowest BCUT2D eigenvalue weighted by atomic mass is 10.1. The summed E-state index contributed by atoms with van der Waals surface area (Å²) in [6.45, 7) is 1.19. The van der Waals surface area contributed by atoms with Gasteiger partial charge in [0.1, 0.15) is 6.54 Å². The van der Waals surface area contributed by atoms with Gasteiger partial charge in [0.15, 0.2) is 6.61 Å². The Hall–Kier alpha value is -2.87. The molecule has 0 aliphatic heterocycles. The molecule has 3 rings (SSSR count). The highest BCUT2D eigenvalue weighted by atomic mass is 79.9. The Bertz CT molecular complexity index is 1070.